The summed E-state index contributed by atoms with van der Waals surface area (Å²) in [6.07, 6.45) is 3.83. The quantitative estimate of drug-likeness (QED) is 0.567. The first kappa shape index (κ1) is 19.5. The Bertz CT molecular complexity index is 621. The number of benzene rings is 1. The maximum Gasteiger partial charge on any atom is 0.242 e. The number of hydrogen-bond acceptors (Lipinski definition) is 3. The Morgan fingerprint density at radius 3 is 2.76 bits per heavy atom. The summed E-state index contributed by atoms with van der Waals surface area (Å²) in [5, 5.41) is 3.80. The zero-order valence-electron chi connectivity index (χ0n) is 15.5. The highest BCUT2D eigenvalue weighted by atomic mass is 32.1. The van der Waals surface area contributed by atoms with Crippen molar-refractivity contribution in [2.45, 2.75) is 52.5 Å². The fourth-order valence-electron chi connectivity index (χ4n) is 3.38. The van der Waals surface area contributed by atoms with Gasteiger partial charge in [0, 0.05) is 11.6 Å². The van der Waals surface area contributed by atoms with Crippen molar-refractivity contribution >= 4 is 23.2 Å². The van der Waals surface area contributed by atoms with Gasteiger partial charge in [0.25, 0.3) is 0 Å². The Kier molecular flexibility index (Phi) is 7.05. The van der Waals surface area contributed by atoms with Gasteiger partial charge < -0.3 is 10.1 Å². The van der Waals surface area contributed by atoms with Crippen LogP contribution in [0.1, 0.15) is 44.2 Å². The number of thiocarbonyl (C=S) groups is 1. The van der Waals surface area contributed by atoms with Crippen molar-refractivity contribution in [3.8, 4) is 5.75 Å². The van der Waals surface area contributed by atoms with E-state index in [0.717, 1.165) is 17.5 Å². The van der Waals surface area contributed by atoms with Gasteiger partial charge >= 0.3 is 0 Å². The standard InChI is InChI=1S/C19H29N3O2S/c1-12-8-9-17(24-4)15(10-12)11-18(23)21-22-19(25)20-16-7-5-6-13(2)14(16)3/h8-10,13-14,16H,5-7,11H2,1-4H3,(H,21,23)(H2,20,22,25)/t13-,14-,16+/m0/s1. The summed E-state index contributed by atoms with van der Waals surface area (Å²) < 4.78 is 5.31. The molecule has 6 heteroatoms. The molecule has 2 rings (SSSR count). The van der Waals surface area contributed by atoms with Gasteiger partial charge in [0.2, 0.25) is 5.91 Å². The zero-order chi connectivity index (χ0) is 18.4. The van der Waals surface area contributed by atoms with Crippen LogP contribution in [0.5, 0.6) is 5.75 Å². The van der Waals surface area contributed by atoms with Crippen LogP contribution in [0.4, 0.5) is 0 Å². The van der Waals surface area contributed by atoms with E-state index in [1.165, 1.54) is 12.8 Å². The third-order valence-electron chi connectivity index (χ3n) is 5.13. The maximum atomic E-state index is 12.2. The molecule has 0 heterocycles. The van der Waals surface area contributed by atoms with Gasteiger partial charge in [0.1, 0.15) is 5.75 Å². The lowest BCUT2D eigenvalue weighted by atomic mass is 9.78. The summed E-state index contributed by atoms with van der Waals surface area (Å²) >= 11 is 5.32. The lowest BCUT2D eigenvalue weighted by molar-refractivity contribution is -0.121. The number of nitrogens with one attached hydrogen (secondary N) is 3. The molecule has 0 spiro atoms. The third-order valence-corrected chi connectivity index (χ3v) is 5.35. The fraction of sp³-hybridized carbons (Fsp3) is 0.579. The van der Waals surface area contributed by atoms with E-state index in [1.54, 1.807) is 7.11 Å². The van der Waals surface area contributed by atoms with Gasteiger partial charge in [0.05, 0.1) is 13.5 Å². The first-order chi connectivity index (χ1) is 11.9. The first-order valence-corrected chi connectivity index (χ1v) is 9.30. The van der Waals surface area contributed by atoms with E-state index in [9.17, 15) is 4.79 Å². The second-order valence-corrected chi connectivity index (χ2v) is 7.42. The van der Waals surface area contributed by atoms with E-state index >= 15 is 0 Å². The van der Waals surface area contributed by atoms with Crippen molar-refractivity contribution in [1.82, 2.24) is 16.2 Å². The normalized spacial score (nSPS) is 22.8. The van der Waals surface area contributed by atoms with Crippen molar-refractivity contribution in [1.29, 1.82) is 0 Å². The average Bonchev–Trinajstić information content (AvgIpc) is 2.57. The topological polar surface area (TPSA) is 62.4 Å². The smallest absolute Gasteiger partial charge is 0.242 e. The van der Waals surface area contributed by atoms with Gasteiger partial charge in [-0.1, -0.05) is 44.4 Å². The number of ether oxygens (including phenoxy) is 1. The van der Waals surface area contributed by atoms with Crippen LogP contribution in [0, 0.1) is 18.8 Å². The molecule has 5 nitrogen and oxygen atoms in total. The molecule has 3 atom stereocenters. The number of aryl methyl sites for hydroxylation is 1. The van der Waals surface area contributed by atoms with Crippen LogP contribution >= 0.6 is 12.2 Å². The lowest BCUT2D eigenvalue weighted by Crippen LogP contribution is -2.52. The highest BCUT2D eigenvalue weighted by Crippen LogP contribution is 2.29. The van der Waals surface area contributed by atoms with Crippen molar-refractivity contribution in [2.24, 2.45) is 11.8 Å². The molecule has 1 fully saturated rings. The molecule has 1 saturated carbocycles. The van der Waals surface area contributed by atoms with Crippen molar-refractivity contribution in [3.63, 3.8) is 0 Å². The lowest BCUT2D eigenvalue weighted by Gasteiger charge is -2.35. The number of hydrogen-bond donors (Lipinski definition) is 3. The Hall–Kier alpha value is -1.82. The SMILES string of the molecule is COc1ccc(C)cc1CC(=O)NNC(=S)N[C@@H]1CCC[C@H](C)[C@@H]1C. The van der Waals surface area contributed by atoms with Gasteiger partial charge in [-0.3, -0.25) is 15.6 Å². The monoisotopic (exact) mass is 363 g/mol. The van der Waals surface area contributed by atoms with Crippen molar-refractivity contribution < 1.29 is 9.53 Å². The van der Waals surface area contributed by atoms with Crippen molar-refractivity contribution in [2.75, 3.05) is 7.11 Å². The predicted molar refractivity (Wildman–Crippen MR) is 104 cm³/mol. The highest BCUT2D eigenvalue weighted by molar-refractivity contribution is 7.80. The van der Waals surface area contributed by atoms with Gasteiger partial charge in [-0.2, -0.15) is 0 Å². The van der Waals surface area contributed by atoms with E-state index in [1.807, 2.05) is 25.1 Å². The molecule has 138 valence electrons. The van der Waals surface area contributed by atoms with E-state index in [0.29, 0.717) is 28.7 Å². The van der Waals surface area contributed by atoms with Crippen LogP contribution in [0.15, 0.2) is 18.2 Å². The minimum Gasteiger partial charge on any atom is -0.496 e. The first-order valence-electron chi connectivity index (χ1n) is 8.89. The molecule has 1 aliphatic carbocycles. The molecule has 1 amide bonds. The van der Waals surface area contributed by atoms with Crippen LogP contribution in [-0.4, -0.2) is 24.2 Å². The molecule has 0 unspecified atom stereocenters. The number of rotatable bonds is 4. The van der Waals surface area contributed by atoms with Crippen LogP contribution in [-0.2, 0) is 11.2 Å². The minimum absolute atomic E-state index is 0.155. The molecule has 3 N–H and O–H groups in total. The molecule has 1 aliphatic rings. The Labute approximate surface area is 155 Å². The largest absolute Gasteiger partial charge is 0.496 e. The number of methoxy groups -OCH3 is 1. The molecule has 0 aliphatic heterocycles. The zero-order valence-corrected chi connectivity index (χ0v) is 16.3. The van der Waals surface area contributed by atoms with Crippen molar-refractivity contribution in [3.05, 3.63) is 29.3 Å². The molecular weight excluding hydrogens is 334 g/mol. The van der Waals surface area contributed by atoms with Gasteiger partial charge in [-0.05, 0) is 43.5 Å². The van der Waals surface area contributed by atoms with E-state index in [2.05, 4.69) is 30.0 Å². The maximum absolute atomic E-state index is 12.2. The summed E-state index contributed by atoms with van der Waals surface area (Å²) in [6, 6.07) is 6.16. The van der Waals surface area contributed by atoms with Gasteiger partial charge in [0.15, 0.2) is 5.11 Å². The summed E-state index contributed by atoms with van der Waals surface area (Å²) in [5.41, 5.74) is 7.44. The molecule has 0 radical (unpaired) electrons. The molecule has 0 aromatic heterocycles. The van der Waals surface area contributed by atoms with Crippen LogP contribution in [0.25, 0.3) is 0 Å². The van der Waals surface area contributed by atoms with Gasteiger partial charge in [-0.15, -0.1) is 0 Å². The minimum atomic E-state index is -0.155. The Balaban J connectivity index is 1.81. The number of amides is 1. The molecule has 0 saturated heterocycles. The molecule has 1 aromatic carbocycles. The van der Waals surface area contributed by atoms with Crippen LogP contribution < -0.4 is 20.9 Å². The van der Waals surface area contributed by atoms with E-state index in [4.69, 9.17) is 17.0 Å². The van der Waals surface area contributed by atoms with E-state index < -0.39 is 0 Å². The Morgan fingerprint density at radius 2 is 2.04 bits per heavy atom. The highest BCUT2D eigenvalue weighted by Gasteiger charge is 2.27. The summed E-state index contributed by atoms with van der Waals surface area (Å²) in [7, 11) is 1.61. The molecule has 1 aromatic rings. The fourth-order valence-corrected chi connectivity index (χ4v) is 3.58. The summed E-state index contributed by atoms with van der Waals surface area (Å²) in [4.78, 5) is 12.2. The average molecular weight is 364 g/mol. The third kappa shape index (κ3) is 5.59. The van der Waals surface area contributed by atoms with Crippen LogP contribution in [0.2, 0.25) is 0 Å². The second kappa shape index (κ2) is 9.04. The van der Waals surface area contributed by atoms with E-state index in [-0.39, 0.29) is 12.3 Å². The predicted octanol–water partition coefficient (Wildman–Crippen LogP) is 2.87. The Morgan fingerprint density at radius 1 is 1.28 bits per heavy atom. The summed E-state index contributed by atoms with van der Waals surface area (Å²) in [6.45, 7) is 6.53. The van der Waals surface area contributed by atoms with Crippen LogP contribution in [0.3, 0.4) is 0 Å². The van der Waals surface area contributed by atoms with Gasteiger partial charge in [-0.25, -0.2) is 0 Å². The number of carbonyl (C=O) groups is 1. The number of carbonyl (C=O) groups excluding carboxylic acids is 1. The molecule has 25 heavy (non-hydrogen) atoms. The summed E-state index contributed by atoms with van der Waals surface area (Å²) in [5.74, 6) is 1.82. The molecule has 0 bridgehead atoms. The molecular formula is C19H29N3O2S. The second-order valence-electron chi connectivity index (χ2n) is 7.01. The number of hydrazine groups is 1.